The van der Waals surface area contributed by atoms with Gasteiger partial charge < -0.3 is 5.32 Å². The molecule has 1 N–H and O–H groups in total. The SMILES string of the molecule is O=C(NC1CCS(=O)(=O)C1)C1(c2cccs2)CC1. The Morgan fingerprint density at radius 3 is 2.72 bits per heavy atom. The van der Waals surface area contributed by atoms with E-state index in [-0.39, 0.29) is 28.9 Å². The van der Waals surface area contributed by atoms with Gasteiger partial charge in [0.05, 0.1) is 16.9 Å². The highest BCUT2D eigenvalue weighted by Gasteiger charge is 2.52. The van der Waals surface area contributed by atoms with E-state index < -0.39 is 9.84 Å². The van der Waals surface area contributed by atoms with Crippen molar-refractivity contribution in [3.63, 3.8) is 0 Å². The summed E-state index contributed by atoms with van der Waals surface area (Å²) >= 11 is 1.60. The third-order valence-electron chi connectivity index (χ3n) is 3.75. The van der Waals surface area contributed by atoms with Crippen molar-refractivity contribution in [2.75, 3.05) is 11.5 Å². The van der Waals surface area contributed by atoms with E-state index in [1.54, 1.807) is 11.3 Å². The van der Waals surface area contributed by atoms with Crippen molar-refractivity contribution < 1.29 is 13.2 Å². The highest BCUT2D eigenvalue weighted by Crippen LogP contribution is 2.50. The molecule has 1 unspecified atom stereocenters. The van der Waals surface area contributed by atoms with Crippen LogP contribution in [0, 0.1) is 0 Å². The number of rotatable bonds is 3. The Labute approximate surface area is 110 Å². The van der Waals surface area contributed by atoms with Gasteiger partial charge in [-0.2, -0.15) is 0 Å². The van der Waals surface area contributed by atoms with Crippen LogP contribution in [-0.4, -0.2) is 31.9 Å². The Hall–Kier alpha value is -0.880. The molecule has 2 heterocycles. The zero-order valence-electron chi connectivity index (χ0n) is 9.89. The molecule has 1 aliphatic heterocycles. The molecule has 2 aliphatic rings. The molecule has 6 heteroatoms. The minimum atomic E-state index is -2.93. The lowest BCUT2D eigenvalue weighted by Gasteiger charge is -2.17. The van der Waals surface area contributed by atoms with E-state index >= 15 is 0 Å². The maximum absolute atomic E-state index is 12.3. The summed E-state index contributed by atoms with van der Waals surface area (Å²) in [5.41, 5.74) is -0.361. The predicted octanol–water partition coefficient (Wildman–Crippen LogP) is 1.08. The second-order valence-corrected chi connectivity index (χ2v) is 8.31. The molecule has 1 aromatic rings. The summed E-state index contributed by atoms with van der Waals surface area (Å²) in [5, 5.41) is 4.89. The Bertz CT molecular complexity index is 558. The molecule has 1 atom stereocenters. The quantitative estimate of drug-likeness (QED) is 0.904. The number of hydrogen-bond acceptors (Lipinski definition) is 4. The summed E-state index contributed by atoms with van der Waals surface area (Å²) in [6.45, 7) is 0. The van der Waals surface area contributed by atoms with Gasteiger partial charge >= 0.3 is 0 Å². The molecule has 1 saturated carbocycles. The molecule has 1 saturated heterocycles. The summed E-state index contributed by atoms with van der Waals surface area (Å²) < 4.78 is 22.7. The lowest BCUT2D eigenvalue weighted by molar-refractivity contribution is -0.124. The average Bonchev–Trinajstić information content (AvgIpc) is 2.78. The van der Waals surface area contributed by atoms with Crippen molar-refractivity contribution in [2.24, 2.45) is 0 Å². The number of hydrogen-bond donors (Lipinski definition) is 1. The highest BCUT2D eigenvalue weighted by atomic mass is 32.2. The van der Waals surface area contributed by atoms with Gasteiger partial charge in [-0.05, 0) is 30.7 Å². The summed E-state index contributed by atoms with van der Waals surface area (Å²) in [7, 11) is -2.93. The van der Waals surface area contributed by atoms with Crippen LogP contribution in [-0.2, 0) is 20.0 Å². The molecule has 0 bridgehead atoms. The first-order valence-corrected chi connectivity index (χ1v) is 8.77. The molecule has 4 nitrogen and oxygen atoms in total. The van der Waals surface area contributed by atoms with Gasteiger partial charge in [0.2, 0.25) is 5.91 Å². The van der Waals surface area contributed by atoms with E-state index in [0.29, 0.717) is 6.42 Å². The van der Waals surface area contributed by atoms with E-state index in [0.717, 1.165) is 17.7 Å². The van der Waals surface area contributed by atoms with E-state index in [1.807, 2.05) is 17.5 Å². The first-order valence-electron chi connectivity index (χ1n) is 6.07. The van der Waals surface area contributed by atoms with Gasteiger partial charge in [0.25, 0.3) is 0 Å². The summed E-state index contributed by atoms with van der Waals surface area (Å²) in [6, 6.07) is 3.75. The van der Waals surface area contributed by atoms with Crippen molar-refractivity contribution in [1.82, 2.24) is 5.32 Å². The molecule has 0 radical (unpaired) electrons. The second-order valence-electron chi connectivity index (χ2n) is 5.13. The molecule has 0 spiro atoms. The average molecular weight is 285 g/mol. The number of thiophene rings is 1. The molecule has 1 aromatic heterocycles. The van der Waals surface area contributed by atoms with Gasteiger partial charge in [-0.3, -0.25) is 4.79 Å². The molecule has 18 heavy (non-hydrogen) atoms. The fourth-order valence-corrected chi connectivity index (χ4v) is 5.15. The lowest BCUT2D eigenvalue weighted by Crippen LogP contribution is -2.41. The van der Waals surface area contributed by atoms with Gasteiger partial charge in [-0.15, -0.1) is 11.3 Å². The third-order valence-corrected chi connectivity index (χ3v) is 6.59. The number of amides is 1. The van der Waals surface area contributed by atoms with Crippen LogP contribution >= 0.6 is 11.3 Å². The molecule has 1 amide bonds. The zero-order chi connectivity index (χ0) is 12.8. The van der Waals surface area contributed by atoms with E-state index in [4.69, 9.17) is 0 Å². The van der Waals surface area contributed by atoms with Crippen LogP contribution in [0.4, 0.5) is 0 Å². The van der Waals surface area contributed by atoms with Crippen molar-refractivity contribution in [1.29, 1.82) is 0 Å². The third kappa shape index (κ3) is 2.07. The molecule has 0 aromatic carbocycles. The molecular formula is C12H15NO3S2. The van der Waals surface area contributed by atoms with Crippen molar-refractivity contribution in [3.8, 4) is 0 Å². The normalized spacial score (nSPS) is 27.9. The summed E-state index contributed by atoms with van der Waals surface area (Å²) in [6.07, 6.45) is 2.30. The minimum Gasteiger partial charge on any atom is -0.352 e. The fraction of sp³-hybridized carbons (Fsp3) is 0.583. The van der Waals surface area contributed by atoms with E-state index in [1.165, 1.54) is 0 Å². The van der Waals surface area contributed by atoms with Gasteiger partial charge in [0.15, 0.2) is 9.84 Å². The Morgan fingerprint density at radius 2 is 2.22 bits per heavy atom. The Morgan fingerprint density at radius 1 is 1.44 bits per heavy atom. The maximum Gasteiger partial charge on any atom is 0.231 e. The minimum absolute atomic E-state index is 0.00653. The Balaban J connectivity index is 1.70. The number of nitrogens with one attached hydrogen (secondary N) is 1. The summed E-state index contributed by atoms with van der Waals surface area (Å²) in [4.78, 5) is 13.4. The van der Waals surface area contributed by atoms with Crippen LogP contribution in [0.1, 0.15) is 24.1 Å². The molecule has 98 valence electrons. The molecule has 1 aliphatic carbocycles. The van der Waals surface area contributed by atoms with Gasteiger partial charge in [-0.1, -0.05) is 6.07 Å². The predicted molar refractivity (Wildman–Crippen MR) is 70.4 cm³/mol. The number of carbonyl (C=O) groups is 1. The largest absolute Gasteiger partial charge is 0.352 e. The maximum atomic E-state index is 12.3. The number of carbonyl (C=O) groups excluding carboxylic acids is 1. The van der Waals surface area contributed by atoms with Crippen LogP contribution < -0.4 is 5.32 Å². The first-order chi connectivity index (χ1) is 8.52. The number of sulfone groups is 1. The Kier molecular flexibility index (Phi) is 2.75. The lowest BCUT2D eigenvalue weighted by atomic mass is 10.0. The van der Waals surface area contributed by atoms with Crippen molar-refractivity contribution in [3.05, 3.63) is 22.4 Å². The monoisotopic (exact) mass is 285 g/mol. The zero-order valence-corrected chi connectivity index (χ0v) is 11.5. The molecule has 2 fully saturated rings. The van der Waals surface area contributed by atoms with Crippen LogP contribution in [0.3, 0.4) is 0 Å². The molecular weight excluding hydrogens is 270 g/mol. The fourth-order valence-electron chi connectivity index (χ4n) is 2.49. The van der Waals surface area contributed by atoms with Gasteiger partial charge in [-0.25, -0.2) is 8.42 Å². The van der Waals surface area contributed by atoms with Gasteiger partial charge in [0.1, 0.15) is 0 Å². The smallest absolute Gasteiger partial charge is 0.231 e. The van der Waals surface area contributed by atoms with Crippen LogP contribution in [0.5, 0.6) is 0 Å². The molecule has 3 rings (SSSR count). The first kappa shape index (κ1) is 12.2. The van der Waals surface area contributed by atoms with Crippen LogP contribution in [0.2, 0.25) is 0 Å². The van der Waals surface area contributed by atoms with Crippen LogP contribution in [0.25, 0.3) is 0 Å². The topological polar surface area (TPSA) is 63.2 Å². The second kappa shape index (κ2) is 4.06. The van der Waals surface area contributed by atoms with Crippen LogP contribution in [0.15, 0.2) is 17.5 Å². The standard InChI is InChI=1S/C12H15NO3S2/c14-11(13-9-3-7-18(15,16)8-9)12(4-5-12)10-2-1-6-17-10/h1-2,6,9H,3-5,7-8H2,(H,13,14). The van der Waals surface area contributed by atoms with E-state index in [9.17, 15) is 13.2 Å². The van der Waals surface area contributed by atoms with Gasteiger partial charge in [0, 0.05) is 10.9 Å². The summed E-state index contributed by atoms with van der Waals surface area (Å²) in [5.74, 6) is 0.301. The van der Waals surface area contributed by atoms with E-state index in [2.05, 4.69) is 5.32 Å². The van der Waals surface area contributed by atoms with Crippen molar-refractivity contribution >= 4 is 27.1 Å². The van der Waals surface area contributed by atoms with Crippen molar-refractivity contribution in [2.45, 2.75) is 30.7 Å². The highest BCUT2D eigenvalue weighted by molar-refractivity contribution is 7.91.